The molecule has 0 aliphatic carbocycles. The van der Waals surface area contributed by atoms with E-state index in [1.807, 2.05) is 6.07 Å². The van der Waals surface area contributed by atoms with Crippen LogP contribution in [0.1, 0.15) is 11.1 Å². The highest BCUT2D eigenvalue weighted by atomic mass is 32.2. The molecule has 0 bridgehead atoms. The van der Waals surface area contributed by atoms with Gasteiger partial charge in [-0.3, -0.25) is 9.52 Å². The Morgan fingerprint density at radius 3 is 2.31 bits per heavy atom. The van der Waals surface area contributed by atoms with Crippen molar-refractivity contribution in [1.29, 1.82) is 5.26 Å². The van der Waals surface area contributed by atoms with Crippen molar-refractivity contribution in [3.05, 3.63) is 89.7 Å². The van der Waals surface area contributed by atoms with E-state index in [-0.39, 0.29) is 17.2 Å². The summed E-state index contributed by atoms with van der Waals surface area (Å²) in [4.78, 5) is 12.1. The molecule has 1 amide bonds. The number of anilines is 2. The minimum absolute atomic E-state index is 0.0537. The van der Waals surface area contributed by atoms with Crippen LogP contribution in [0.5, 0.6) is 0 Å². The predicted molar refractivity (Wildman–Crippen MR) is 107 cm³/mol. The van der Waals surface area contributed by atoms with Gasteiger partial charge in [0, 0.05) is 11.4 Å². The van der Waals surface area contributed by atoms with E-state index in [9.17, 15) is 17.6 Å². The second-order valence-corrected chi connectivity index (χ2v) is 7.86. The van der Waals surface area contributed by atoms with E-state index in [2.05, 4.69) is 10.0 Å². The summed E-state index contributed by atoms with van der Waals surface area (Å²) in [6, 6.07) is 19.4. The number of hydrogen-bond acceptors (Lipinski definition) is 4. The first-order valence-corrected chi connectivity index (χ1v) is 10.0. The van der Waals surface area contributed by atoms with Gasteiger partial charge in [-0.2, -0.15) is 5.26 Å². The number of hydrogen-bond donors (Lipinski definition) is 2. The maximum absolute atomic E-state index is 13.0. The van der Waals surface area contributed by atoms with Crippen molar-refractivity contribution < 1.29 is 17.6 Å². The van der Waals surface area contributed by atoms with E-state index < -0.39 is 15.8 Å². The first-order valence-electron chi connectivity index (χ1n) is 8.53. The molecule has 0 saturated carbocycles. The van der Waals surface area contributed by atoms with Gasteiger partial charge >= 0.3 is 0 Å². The molecule has 6 nitrogen and oxygen atoms in total. The summed E-state index contributed by atoms with van der Waals surface area (Å²) in [6.07, 6.45) is 0.0851. The fraction of sp³-hybridized carbons (Fsp3) is 0.0476. The molecule has 0 aliphatic heterocycles. The van der Waals surface area contributed by atoms with Crippen LogP contribution < -0.4 is 10.0 Å². The second-order valence-electron chi connectivity index (χ2n) is 6.17. The van der Waals surface area contributed by atoms with E-state index in [0.29, 0.717) is 22.5 Å². The molecule has 0 atom stereocenters. The summed E-state index contributed by atoms with van der Waals surface area (Å²) in [5.41, 5.74) is 1.97. The second kappa shape index (κ2) is 8.54. The molecule has 3 aromatic carbocycles. The molecular formula is C21H16FN3O3S. The third-order valence-electron chi connectivity index (χ3n) is 3.97. The average Bonchev–Trinajstić information content (AvgIpc) is 2.69. The highest BCUT2D eigenvalue weighted by molar-refractivity contribution is 7.92. The van der Waals surface area contributed by atoms with Gasteiger partial charge in [0.05, 0.1) is 22.9 Å². The molecule has 29 heavy (non-hydrogen) atoms. The lowest BCUT2D eigenvalue weighted by Gasteiger charge is -2.09. The summed E-state index contributed by atoms with van der Waals surface area (Å²) in [7, 11) is -3.84. The van der Waals surface area contributed by atoms with Gasteiger partial charge in [0.1, 0.15) is 5.82 Å². The summed E-state index contributed by atoms with van der Waals surface area (Å²) in [5.74, 6) is -0.786. The van der Waals surface area contributed by atoms with Gasteiger partial charge in [-0.1, -0.05) is 18.2 Å². The first-order chi connectivity index (χ1) is 13.9. The summed E-state index contributed by atoms with van der Waals surface area (Å²) in [6.45, 7) is 0. The number of nitriles is 1. The highest BCUT2D eigenvalue weighted by Gasteiger charge is 2.14. The molecule has 0 heterocycles. The molecule has 3 aromatic rings. The van der Waals surface area contributed by atoms with Crippen molar-refractivity contribution >= 4 is 27.3 Å². The van der Waals surface area contributed by atoms with Crippen LogP contribution in [0, 0.1) is 17.1 Å². The molecule has 0 radical (unpaired) electrons. The van der Waals surface area contributed by atoms with Gasteiger partial charge in [0.2, 0.25) is 5.91 Å². The summed E-state index contributed by atoms with van der Waals surface area (Å²) >= 11 is 0. The Morgan fingerprint density at radius 1 is 0.966 bits per heavy atom. The third-order valence-corrected chi connectivity index (χ3v) is 5.37. The van der Waals surface area contributed by atoms with Gasteiger partial charge in [-0.05, 0) is 60.2 Å². The lowest BCUT2D eigenvalue weighted by atomic mass is 10.1. The molecule has 0 fully saturated rings. The molecule has 3 rings (SSSR count). The third kappa shape index (κ3) is 5.40. The number of nitrogens with zero attached hydrogens (tertiary/aromatic N) is 1. The fourth-order valence-electron chi connectivity index (χ4n) is 2.58. The minimum atomic E-state index is -3.84. The smallest absolute Gasteiger partial charge is 0.261 e. The molecular weight excluding hydrogens is 393 g/mol. The Hall–Kier alpha value is -3.70. The number of halogens is 1. The number of benzene rings is 3. The highest BCUT2D eigenvalue weighted by Crippen LogP contribution is 2.18. The van der Waals surface area contributed by atoms with E-state index in [0.717, 1.165) is 12.1 Å². The molecule has 0 saturated heterocycles. The Kier molecular flexibility index (Phi) is 5.90. The minimum Gasteiger partial charge on any atom is -0.326 e. The topological polar surface area (TPSA) is 99.1 Å². The maximum atomic E-state index is 13.0. The zero-order valence-electron chi connectivity index (χ0n) is 15.1. The van der Waals surface area contributed by atoms with Crippen molar-refractivity contribution in [3.63, 3.8) is 0 Å². The standard InChI is InChI=1S/C21H16FN3O3S/c22-17-6-10-20(11-7-17)29(27,28)25-18-8-4-15(5-9-18)13-21(26)24-19-3-1-2-16(12-19)14-23/h1-12,25H,13H2,(H,24,26). The fourth-order valence-corrected chi connectivity index (χ4v) is 3.63. The van der Waals surface area contributed by atoms with Crippen molar-refractivity contribution in [1.82, 2.24) is 0 Å². The number of carbonyl (C=O) groups is 1. The molecule has 0 aromatic heterocycles. The van der Waals surface area contributed by atoms with Crippen molar-refractivity contribution in [2.45, 2.75) is 11.3 Å². The van der Waals surface area contributed by atoms with Crippen molar-refractivity contribution in [2.75, 3.05) is 10.0 Å². The molecule has 0 aliphatic rings. The molecule has 0 unspecified atom stereocenters. The van der Waals surface area contributed by atoms with Crippen LogP contribution in [-0.2, 0) is 21.2 Å². The zero-order chi connectivity index (χ0) is 20.9. The van der Waals surface area contributed by atoms with E-state index >= 15 is 0 Å². The van der Waals surface area contributed by atoms with Crippen LogP contribution in [-0.4, -0.2) is 14.3 Å². The van der Waals surface area contributed by atoms with Gasteiger partial charge in [-0.25, -0.2) is 12.8 Å². The van der Waals surface area contributed by atoms with Crippen LogP contribution in [0.25, 0.3) is 0 Å². The van der Waals surface area contributed by atoms with E-state index in [1.54, 1.807) is 48.5 Å². The largest absolute Gasteiger partial charge is 0.326 e. The monoisotopic (exact) mass is 409 g/mol. The number of carbonyl (C=O) groups excluding carboxylic acids is 1. The summed E-state index contributed by atoms with van der Waals surface area (Å²) < 4.78 is 40.0. The van der Waals surface area contributed by atoms with Gasteiger partial charge < -0.3 is 5.32 Å². The average molecular weight is 409 g/mol. The van der Waals surface area contributed by atoms with Crippen LogP contribution in [0.15, 0.2) is 77.7 Å². The lowest BCUT2D eigenvalue weighted by Crippen LogP contribution is -2.15. The number of rotatable bonds is 6. The van der Waals surface area contributed by atoms with Crippen LogP contribution in [0.2, 0.25) is 0 Å². The number of amides is 1. The Balaban J connectivity index is 1.63. The zero-order valence-corrected chi connectivity index (χ0v) is 15.9. The normalized spacial score (nSPS) is 10.8. The quantitative estimate of drug-likeness (QED) is 0.649. The maximum Gasteiger partial charge on any atom is 0.261 e. The van der Waals surface area contributed by atoms with Crippen LogP contribution in [0.3, 0.4) is 0 Å². The number of nitrogens with one attached hydrogen (secondary N) is 2. The van der Waals surface area contributed by atoms with E-state index in [4.69, 9.17) is 5.26 Å². The Labute approximate surface area is 167 Å². The molecule has 146 valence electrons. The first kappa shape index (κ1) is 20.0. The van der Waals surface area contributed by atoms with Gasteiger partial charge in [0.15, 0.2) is 0 Å². The Morgan fingerprint density at radius 2 is 1.66 bits per heavy atom. The SMILES string of the molecule is N#Cc1cccc(NC(=O)Cc2ccc(NS(=O)(=O)c3ccc(F)cc3)cc2)c1. The van der Waals surface area contributed by atoms with Crippen molar-refractivity contribution in [2.24, 2.45) is 0 Å². The lowest BCUT2D eigenvalue weighted by molar-refractivity contribution is -0.115. The number of sulfonamides is 1. The molecule has 2 N–H and O–H groups in total. The van der Waals surface area contributed by atoms with Gasteiger partial charge in [-0.15, -0.1) is 0 Å². The molecule has 0 spiro atoms. The van der Waals surface area contributed by atoms with E-state index in [1.165, 1.54) is 12.1 Å². The summed E-state index contributed by atoms with van der Waals surface area (Å²) in [5, 5.41) is 11.6. The predicted octanol–water partition coefficient (Wildman–Crippen LogP) is 3.68. The van der Waals surface area contributed by atoms with Crippen LogP contribution in [0.4, 0.5) is 15.8 Å². The van der Waals surface area contributed by atoms with Gasteiger partial charge in [0.25, 0.3) is 10.0 Å². The van der Waals surface area contributed by atoms with Crippen molar-refractivity contribution in [3.8, 4) is 6.07 Å². The Bertz CT molecular complexity index is 1170. The van der Waals surface area contributed by atoms with Crippen LogP contribution >= 0.6 is 0 Å². The molecule has 8 heteroatoms.